The van der Waals surface area contributed by atoms with Gasteiger partial charge in [-0.15, -0.1) is 0 Å². The topological polar surface area (TPSA) is 107 Å². The summed E-state index contributed by atoms with van der Waals surface area (Å²) in [5.74, 6) is -0.741. The van der Waals surface area contributed by atoms with Crippen molar-refractivity contribution >= 4 is 45.2 Å². The molecule has 2 aliphatic rings. The van der Waals surface area contributed by atoms with Crippen LogP contribution in [0.2, 0.25) is 5.15 Å². The van der Waals surface area contributed by atoms with E-state index in [0.717, 1.165) is 8.96 Å². The van der Waals surface area contributed by atoms with E-state index in [2.05, 4.69) is 42.6 Å². The Labute approximate surface area is 161 Å². The summed E-state index contributed by atoms with van der Waals surface area (Å²) in [4.78, 5) is 11.2. The first kappa shape index (κ1) is 17.3. The molecular weight excluding hydrogens is 463 g/mol. The minimum Gasteiger partial charge on any atom is -0.349 e. The SMILES string of the molecule is CC1(C)O[C@@H]2[C@H](O1)[C@@H](CN=[N+]=[N-])O[C@H]2n1cc(I)c2c(Cl)ncnc21. The number of hydrogen-bond donors (Lipinski definition) is 0. The molecule has 0 amide bonds. The summed E-state index contributed by atoms with van der Waals surface area (Å²) < 4.78 is 20.9. The minimum atomic E-state index is -0.741. The molecule has 0 aliphatic carbocycles. The van der Waals surface area contributed by atoms with E-state index in [-0.39, 0.29) is 18.8 Å². The second-order valence-electron chi connectivity index (χ2n) is 6.29. The van der Waals surface area contributed by atoms with Gasteiger partial charge < -0.3 is 18.8 Å². The van der Waals surface area contributed by atoms with E-state index < -0.39 is 18.1 Å². The van der Waals surface area contributed by atoms with E-state index in [9.17, 15) is 0 Å². The highest BCUT2D eigenvalue weighted by Crippen LogP contribution is 2.44. The number of nitrogens with zero attached hydrogens (tertiary/aromatic N) is 6. The van der Waals surface area contributed by atoms with Crippen LogP contribution in [-0.4, -0.2) is 45.2 Å². The second kappa shape index (κ2) is 6.22. The molecule has 4 rings (SSSR count). The van der Waals surface area contributed by atoms with Gasteiger partial charge in [-0.25, -0.2) is 9.97 Å². The molecule has 2 aliphatic heterocycles. The molecule has 0 saturated carbocycles. The van der Waals surface area contributed by atoms with Crippen LogP contribution >= 0.6 is 34.2 Å². The Kier molecular flexibility index (Phi) is 4.29. The Bertz CT molecular complexity index is 883. The maximum absolute atomic E-state index is 8.62. The zero-order valence-electron chi connectivity index (χ0n) is 13.3. The average molecular weight is 477 g/mol. The molecule has 0 N–H and O–H groups in total. The maximum atomic E-state index is 8.62. The van der Waals surface area contributed by atoms with Crippen molar-refractivity contribution in [2.45, 2.75) is 44.2 Å². The third kappa shape index (κ3) is 2.86. The molecule has 0 spiro atoms. The lowest BCUT2D eigenvalue weighted by molar-refractivity contribution is -0.195. The van der Waals surface area contributed by atoms with E-state index in [0.29, 0.717) is 10.8 Å². The first-order chi connectivity index (χ1) is 11.9. The van der Waals surface area contributed by atoms with Crippen LogP contribution in [0.4, 0.5) is 0 Å². The van der Waals surface area contributed by atoms with Gasteiger partial charge in [0, 0.05) is 14.7 Å². The molecule has 2 aromatic rings. The largest absolute Gasteiger partial charge is 0.349 e. The molecule has 132 valence electrons. The molecule has 2 saturated heterocycles. The molecule has 0 radical (unpaired) electrons. The molecule has 0 bridgehead atoms. The molecule has 4 atom stereocenters. The fourth-order valence-corrected chi connectivity index (χ4v) is 4.53. The number of azide groups is 1. The predicted molar refractivity (Wildman–Crippen MR) is 97.0 cm³/mol. The van der Waals surface area contributed by atoms with Crippen molar-refractivity contribution in [1.82, 2.24) is 14.5 Å². The summed E-state index contributed by atoms with van der Waals surface area (Å²) >= 11 is 8.40. The van der Waals surface area contributed by atoms with Crippen LogP contribution in [0.5, 0.6) is 0 Å². The molecule has 25 heavy (non-hydrogen) atoms. The van der Waals surface area contributed by atoms with Crippen LogP contribution in [0.1, 0.15) is 20.1 Å². The van der Waals surface area contributed by atoms with E-state index in [1.165, 1.54) is 6.33 Å². The van der Waals surface area contributed by atoms with Crippen molar-refractivity contribution in [3.8, 4) is 0 Å². The summed E-state index contributed by atoms with van der Waals surface area (Å²) in [5, 5.41) is 4.79. The van der Waals surface area contributed by atoms with E-state index in [4.69, 9.17) is 31.3 Å². The van der Waals surface area contributed by atoms with Crippen molar-refractivity contribution < 1.29 is 14.2 Å². The summed E-state index contributed by atoms with van der Waals surface area (Å²) in [6, 6.07) is 0. The van der Waals surface area contributed by atoms with E-state index >= 15 is 0 Å². The van der Waals surface area contributed by atoms with Crippen LogP contribution in [0, 0.1) is 3.57 Å². The third-order valence-corrected chi connectivity index (χ3v) is 5.35. The second-order valence-corrected chi connectivity index (χ2v) is 7.81. The number of fused-ring (bicyclic) bond motifs is 2. The number of halogens is 2. The van der Waals surface area contributed by atoms with E-state index in [1.54, 1.807) is 0 Å². The van der Waals surface area contributed by atoms with Crippen molar-refractivity contribution in [1.29, 1.82) is 0 Å². The van der Waals surface area contributed by atoms with Gasteiger partial charge in [-0.2, -0.15) is 0 Å². The Morgan fingerprint density at radius 2 is 2.16 bits per heavy atom. The van der Waals surface area contributed by atoms with E-state index in [1.807, 2.05) is 24.6 Å². The molecule has 9 nitrogen and oxygen atoms in total. The van der Waals surface area contributed by atoms with Gasteiger partial charge in [0.2, 0.25) is 0 Å². The monoisotopic (exact) mass is 476 g/mol. The lowest BCUT2D eigenvalue weighted by Gasteiger charge is -2.24. The lowest BCUT2D eigenvalue weighted by Crippen LogP contribution is -2.31. The minimum absolute atomic E-state index is 0.166. The first-order valence-corrected chi connectivity index (χ1v) is 9.05. The Balaban J connectivity index is 1.77. The van der Waals surface area contributed by atoms with Crippen LogP contribution < -0.4 is 0 Å². The lowest BCUT2D eigenvalue weighted by atomic mass is 10.1. The zero-order chi connectivity index (χ0) is 17.8. The van der Waals surface area contributed by atoms with Gasteiger partial charge in [-0.1, -0.05) is 16.7 Å². The van der Waals surface area contributed by atoms with Gasteiger partial charge in [0.05, 0.1) is 18.0 Å². The highest BCUT2D eigenvalue weighted by atomic mass is 127. The molecule has 4 heterocycles. The van der Waals surface area contributed by atoms with Gasteiger partial charge in [-0.05, 0) is 42.0 Å². The summed E-state index contributed by atoms with van der Waals surface area (Å²) in [6.07, 6.45) is 1.75. The summed E-state index contributed by atoms with van der Waals surface area (Å²) in [5.41, 5.74) is 9.28. The zero-order valence-corrected chi connectivity index (χ0v) is 16.2. The molecule has 11 heteroatoms. The first-order valence-electron chi connectivity index (χ1n) is 7.60. The Morgan fingerprint density at radius 3 is 2.92 bits per heavy atom. The number of ether oxygens (including phenoxy) is 3. The van der Waals surface area contributed by atoms with Gasteiger partial charge in [0.25, 0.3) is 0 Å². The van der Waals surface area contributed by atoms with Crippen LogP contribution in [0.3, 0.4) is 0 Å². The fraction of sp³-hybridized carbons (Fsp3) is 0.571. The van der Waals surface area contributed by atoms with Gasteiger partial charge in [0.15, 0.2) is 12.0 Å². The van der Waals surface area contributed by atoms with Crippen LogP contribution in [0.25, 0.3) is 21.5 Å². The number of aromatic nitrogens is 3. The van der Waals surface area contributed by atoms with Crippen molar-refractivity contribution in [2.75, 3.05) is 6.54 Å². The summed E-state index contributed by atoms with van der Waals surface area (Å²) in [6.45, 7) is 3.87. The van der Waals surface area contributed by atoms with Crippen molar-refractivity contribution in [3.05, 3.63) is 31.7 Å². The predicted octanol–water partition coefficient (Wildman–Crippen LogP) is 3.42. The standard InChI is InChI=1S/C14H14ClIN6O3/c1-14(2)24-9-7(3-20-21-17)23-13(10(9)25-14)22-4-6(16)8-11(15)18-5-19-12(8)22/h4-5,7,9-10,13H,3H2,1-2H3/t7-,9-,10-,13-/m1/s1. The Hall–Kier alpha value is -1.17. The van der Waals surface area contributed by atoms with Crippen LogP contribution in [-0.2, 0) is 14.2 Å². The number of rotatable bonds is 3. The fourth-order valence-electron chi connectivity index (χ4n) is 3.35. The molecule has 2 fully saturated rings. The van der Waals surface area contributed by atoms with Crippen LogP contribution in [0.15, 0.2) is 17.6 Å². The quantitative estimate of drug-likeness (QED) is 0.222. The smallest absolute Gasteiger partial charge is 0.164 e. The van der Waals surface area contributed by atoms with Gasteiger partial charge >= 0.3 is 0 Å². The van der Waals surface area contributed by atoms with Crippen molar-refractivity contribution in [2.24, 2.45) is 5.11 Å². The highest BCUT2D eigenvalue weighted by molar-refractivity contribution is 14.1. The third-order valence-electron chi connectivity index (χ3n) is 4.24. The maximum Gasteiger partial charge on any atom is 0.164 e. The Morgan fingerprint density at radius 1 is 1.40 bits per heavy atom. The average Bonchev–Trinajstić information content (AvgIpc) is 3.15. The van der Waals surface area contributed by atoms with Crippen molar-refractivity contribution in [3.63, 3.8) is 0 Å². The van der Waals surface area contributed by atoms with Gasteiger partial charge in [-0.3, -0.25) is 0 Å². The normalized spacial score (nSPS) is 30.4. The van der Waals surface area contributed by atoms with Gasteiger partial charge in [0.1, 0.15) is 29.3 Å². The number of hydrogen-bond acceptors (Lipinski definition) is 6. The summed E-state index contributed by atoms with van der Waals surface area (Å²) in [7, 11) is 0. The molecule has 0 unspecified atom stereocenters. The highest BCUT2D eigenvalue weighted by Gasteiger charge is 2.55. The molecular formula is C14H14ClIN6O3. The molecule has 0 aromatic carbocycles. The molecule has 2 aromatic heterocycles.